The fourth-order valence-electron chi connectivity index (χ4n) is 2.34. The van der Waals surface area contributed by atoms with Gasteiger partial charge in [0.15, 0.2) is 0 Å². The van der Waals surface area contributed by atoms with Gasteiger partial charge < -0.3 is 4.74 Å². The van der Waals surface area contributed by atoms with Crippen molar-refractivity contribution in [2.75, 3.05) is 0 Å². The fraction of sp³-hybridized carbons (Fsp3) is 0.176. The first-order chi connectivity index (χ1) is 9.94. The SMILES string of the molecule is CC1(C)C=Cc2cc(-c3ccc([P+](=O)O)cc3)ccc2O1. The molecule has 1 atom stereocenters. The highest BCUT2D eigenvalue weighted by Crippen LogP contribution is 2.34. The van der Waals surface area contributed by atoms with Gasteiger partial charge in [-0.15, -0.1) is 0 Å². The van der Waals surface area contributed by atoms with Crippen LogP contribution in [0.4, 0.5) is 0 Å². The first-order valence-electron chi connectivity index (χ1n) is 6.73. The Balaban J connectivity index is 1.96. The molecular formula is C17H16O3P+. The zero-order valence-electron chi connectivity index (χ0n) is 11.9. The molecule has 2 aromatic carbocycles. The Morgan fingerprint density at radius 2 is 1.71 bits per heavy atom. The van der Waals surface area contributed by atoms with Gasteiger partial charge >= 0.3 is 8.03 Å². The Labute approximate surface area is 124 Å². The summed E-state index contributed by atoms with van der Waals surface area (Å²) in [5, 5.41) is 0.441. The molecule has 1 unspecified atom stereocenters. The summed E-state index contributed by atoms with van der Waals surface area (Å²) in [4.78, 5) is 9.08. The fourth-order valence-corrected chi connectivity index (χ4v) is 2.74. The molecule has 0 amide bonds. The van der Waals surface area contributed by atoms with Gasteiger partial charge in [-0.1, -0.05) is 12.1 Å². The molecule has 1 aliphatic rings. The second-order valence-corrected chi connectivity index (χ2v) is 6.67. The minimum Gasteiger partial charge on any atom is -0.483 e. The Morgan fingerprint density at radius 3 is 2.38 bits per heavy atom. The number of fused-ring (bicyclic) bond motifs is 1. The van der Waals surface area contributed by atoms with E-state index in [1.54, 1.807) is 12.1 Å². The van der Waals surface area contributed by atoms with E-state index >= 15 is 0 Å². The van der Waals surface area contributed by atoms with E-state index in [2.05, 4.69) is 12.1 Å². The van der Waals surface area contributed by atoms with Crippen LogP contribution in [-0.4, -0.2) is 10.5 Å². The van der Waals surface area contributed by atoms with E-state index in [4.69, 9.17) is 9.63 Å². The number of rotatable bonds is 2. The molecule has 4 heteroatoms. The lowest BCUT2D eigenvalue weighted by molar-refractivity contribution is 0.159. The molecule has 3 nitrogen and oxygen atoms in total. The molecule has 0 saturated carbocycles. The average molecular weight is 299 g/mol. The Kier molecular flexibility index (Phi) is 3.40. The van der Waals surface area contributed by atoms with Crippen LogP contribution in [0, 0.1) is 0 Å². The second-order valence-electron chi connectivity index (χ2n) is 5.61. The highest BCUT2D eigenvalue weighted by molar-refractivity contribution is 7.47. The smallest absolute Gasteiger partial charge is 0.483 e. The van der Waals surface area contributed by atoms with Crippen LogP contribution >= 0.6 is 8.03 Å². The molecule has 3 rings (SSSR count). The summed E-state index contributed by atoms with van der Waals surface area (Å²) < 4.78 is 16.9. The monoisotopic (exact) mass is 299 g/mol. The number of ether oxygens (including phenoxy) is 1. The van der Waals surface area contributed by atoms with Crippen molar-refractivity contribution in [3.8, 4) is 16.9 Å². The Morgan fingerprint density at radius 1 is 1.05 bits per heavy atom. The lowest BCUT2D eigenvalue weighted by Crippen LogP contribution is -2.27. The van der Waals surface area contributed by atoms with E-state index in [0.29, 0.717) is 5.30 Å². The van der Waals surface area contributed by atoms with Gasteiger partial charge in [0, 0.05) is 5.56 Å². The number of hydrogen-bond donors (Lipinski definition) is 1. The first kappa shape index (κ1) is 14.0. The van der Waals surface area contributed by atoms with Gasteiger partial charge in [-0.25, -0.2) is 0 Å². The van der Waals surface area contributed by atoms with E-state index in [-0.39, 0.29) is 5.60 Å². The van der Waals surface area contributed by atoms with Crippen LogP contribution in [0.3, 0.4) is 0 Å². The van der Waals surface area contributed by atoms with Crippen molar-refractivity contribution < 1.29 is 14.2 Å². The molecule has 0 saturated heterocycles. The predicted octanol–water partition coefficient (Wildman–Crippen LogP) is 3.90. The third kappa shape index (κ3) is 2.90. The van der Waals surface area contributed by atoms with E-state index in [1.165, 1.54) is 0 Å². The third-order valence-corrected chi connectivity index (χ3v) is 4.21. The van der Waals surface area contributed by atoms with Gasteiger partial charge in [-0.05, 0) is 72.0 Å². The number of hydrogen-bond acceptors (Lipinski definition) is 2. The van der Waals surface area contributed by atoms with Crippen molar-refractivity contribution in [1.82, 2.24) is 0 Å². The van der Waals surface area contributed by atoms with Gasteiger partial charge in [-0.2, -0.15) is 4.89 Å². The Bertz CT molecular complexity index is 730. The third-order valence-electron chi connectivity index (χ3n) is 3.47. The summed E-state index contributed by atoms with van der Waals surface area (Å²) in [5.74, 6) is 0.876. The molecular weight excluding hydrogens is 283 g/mol. The van der Waals surface area contributed by atoms with Crippen molar-refractivity contribution in [2.45, 2.75) is 19.4 Å². The molecule has 1 N–H and O–H groups in total. The molecule has 0 aliphatic carbocycles. The van der Waals surface area contributed by atoms with E-state index in [0.717, 1.165) is 22.4 Å². The highest BCUT2D eigenvalue weighted by atomic mass is 31.1. The van der Waals surface area contributed by atoms with E-state index in [1.807, 2.05) is 44.2 Å². The zero-order valence-corrected chi connectivity index (χ0v) is 12.8. The minimum atomic E-state index is -2.28. The van der Waals surface area contributed by atoms with Gasteiger partial charge in [-0.3, -0.25) is 0 Å². The molecule has 0 radical (unpaired) electrons. The van der Waals surface area contributed by atoms with Gasteiger partial charge in [0.2, 0.25) is 5.30 Å². The molecule has 106 valence electrons. The van der Waals surface area contributed by atoms with Crippen molar-refractivity contribution >= 4 is 19.4 Å². The summed E-state index contributed by atoms with van der Waals surface area (Å²) in [7, 11) is -2.28. The molecule has 1 heterocycles. The molecule has 0 bridgehead atoms. The molecule has 0 aromatic heterocycles. The summed E-state index contributed by atoms with van der Waals surface area (Å²) >= 11 is 0. The van der Waals surface area contributed by atoms with Gasteiger partial charge in [0.1, 0.15) is 11.4 Å². The van der Waals surface area contributed by atoms with E-state index in [9.17, 15) is 4.57 Å². The normalized spacial score (nSPS) is 16.0. The van der Waals surface area contributed by atoms with Crippen molar-refractivity contribution in [1.29, 1.82) is 0 Å². The van der Waals surface area contributed by atoms with Gasteiger partial charge in [0.05, 0.1) is 0 Å². The maximum Gasteiger partial charge on any atom is 0.546 e. The summed E-state index contributed by atoms with van der Waals surface area (Å²) in [6.07, 6.45) is 4.11. The zero-order chi connectivity index (χ0) is 15.0. The molecule has 1 aliphatic heterocycles. The summed E-state index contributed by atoms with van der Waals surface area (Å²) in [6, 6.07) is 13.1. The van der Waals surface area contributed by atoms with Crippen molar-refractivity contribution in [2.24, 2.45) is 0 Å². The van der Waals surface area contributed by atoms with Crippen molar-refractivity contribution in [3.05, 3.63) is 54.1 Å². The molecule has 2 aromatic rings. The topological polar surface area (TPSA) is 46.5 Å². The van der Waals surface area contributed by atoms with Crippen LogP contribution in [0.2, 0.25) is 0 Å². The maximum atomic E-state index is 11.0. The van der Waals surface area contributed by atoms with E-state index < -0.39 is 8.03 Å². The lowest BCUT2D eigenvalue weighted by Gasteiger charge is -2.28. The quantitative estimate of drug-likeness (QED) is 0.856. The predicted molar refractivity (Wildman–Crippen MR) is 85.1 cm³/mol. The minimum absolute atomic E-state index is 0.275. The molecule has 21 heavy (non-hydrogen) atoms. The molecule has 0 spiro atoms. The lowest BCUT2D eigenvalue weighted by atomic mass is 9.98. The van der Waals surface area contributed by atoms with Crippen molar-refractivity contribution in [3.63, 3.8) is 0 Å². The number of benzene rings is 2. The summed E-state index contributed by atoms with van der Waals surface area (Å²) in [5.41, 5.74) is 2.84. The summed E-state index contributed by atoms with van der Waals surface area (Å²) in [6.45, 7) is 4.05. The van der Waals surface area contributed by atoms with Crippen LogP contribution in [-0.2, 0) is 4.57 Å². The first-order valence-corrected chi connectivity index (χ1v) is 7.95. The van der Waals surface area contributed by atoms with Crippen LogP contribution < -0.4 is 10.0 Å². The standard InChI is InChI=1S/C17H15O3P/c1-17(2)10-9-14-11-13(5-8-16(14)20-17)12-3-6-15(7-4-12)21(18)19/h3-11H,1-2H3/p+1. The highest BCUT2D eigenvalue weighted by Gasteiger charge is 2.21. The van der Waals surface area contributed by atoms with Crippen LogP contribution in [0.25, 0.3) is 17.2 Å². The second kappa shape index (κ2) is 5.10. The van der Waals surface area contributed by atoms with Crippen LogP contribution in [0.15, 0.2) is 48.5 Å². The average Bonchev–Trinajstić information content (AvgIpc) is 2.46. The molecule has 0 fully saturated rings. The van der Waals surface area contributed by atoms with Crippen LogP contribution in [0.5, 0.6) is 5.75 Å². The van der Waals surface area contributed by atoms with Crippen LogP contribution in [0.1, 0.15) is 19.4 Å². The Hall–Kier alpha value is -1.96. The maximum absolute atomic E-state index is 11.0. The largest absolute Gasteiger partial charge is 0.546 e. The van der Waals surface area contributed by atoms with Gasteiger partial charge in [0.25, 0.3) is 0 Å².